The van der Waals surface area contributed by atoms with Crippen LogP contribution < -0.4 is 15.5 Å². The lowest BCUT2D eigenvalue weighted by molar-refractivity contribution is -0.130. The van der Waals surface area contributed by atoms with E-state index < -0.39 is 52.8 Å². The first-order valence-corrected chi connectivity index (χ1v) is 11.1. The minimum atomic E-state index is -1.65. The number of carbonyl (C=O) groups excluding carboxylic acids is 3. The Morgan fingerprint density at radius 1 is 0.886 bits per heavy atom. The van der Waals surface area contributed by atoms with Crippen LogP contribution in [0, 0.1) is 23.5 Å². The van der Waals surface area contributed by atoms with E-state index in [1.165, 1.54) is 42.5 Å². The summed E-state index contributed by atoms with van der Waals surface area (Å²) in [4.78, 5) is 41.9. The Kier molecular flexibility index (Phi) is 4.56. The average molecular weight is 475 g/mol. The molecule has 9 heteroatoms. The number of amides is 3. The van der Waals surface area contributed by atoms with Gasteiger partial charge in [-0.05, 0) is 66.6 Å². The van der Waals surface area contributed by atoms with E-state index in [0.29, 0.717) is 5.69 Å². The predicted molar refractivity (Wildman–Crippen MR) is 121 cm³/mol. The summed E-state index contributed by atoms with van der Waals surface area (Å²) >= 11 is 0. The summed E-state index contributed by atoms with van der Waals surface area (Å²) in [5.41, 5.74) is -0.0338. The van der Waals surface area contributed by atoms with Crippen molar-refractivity contribution in [1.29, 1.82) is 0 Å². The zero-order valence-corrected chi connectivity index (χ0v) is 18.2. The molecule has 35 heavy (non-hydrogen) atoms. The van der Waals surface area contributed by atoms with Crippen molar-refractivity contribution in [2.24, 2.45) is 11.8 Å². The van der Waals surface area contributed by atoms with Gasteiger partial charge >= 0.3 is 0 Å². The van der Waals surface area contributed by atoms with E-state index in [2.05, 4.69) is 10.6 Å². The van der Waals surface area contributed by atoms with Gasteiger partial charge in [0.15, 0.2) is 0 Å². The van der Waals surface area contributed by atoms with Crippen molar-refractivity contribution in [2.75, 3.05) is 10.2 Å². The minimum Gasteiger partial charge on any atom is -0.508 e. The number of nitrogens with one attached hydrogen (secondary N) is 2. The molecule has 3 heterocycles. The van der Waals surface area contributed by atoms with E-state index in [0.717, 1.165) is 22.6 Å². The van der Waals surface area contributed by atoms with Crippen molar-refractivity contribution in [3.05, 3.63) is 89.5 Å². The molecule has 0 radical (unpaired) electrons. The number of hydrogen-bond donors (Lipinski definition) is 3. The maximum absolute atomic E-state index is 14.3. The molecule has 0 aromatic heterocycles. The number of anilines is 2. The molecule has 3 N–H and O–H groups in total. The van der Waals surface area contributed by atoms with Crippen LogP contribution in [0.2, 0.25) is 0 Å². The van der Waals surface area contributed by atoms with Crippen molar-refractivity contribution in [3.63, 3.8) is 0 Å². The van der Waals surface area contributed by atoms with E-state index >= 15 is 0 Å². The molecule has 0 bridgehead atoms. The molecule has 2 fully saturated rings. The van der Waals surface area contributed by atoms with Gasteiger partial charge in [-0.3, -0.25) is 19.7 Å². The smallest absolute Gasteiger partial charge is 0.250 e. The number of benzene rings is 3. The van der Waals surface area contributed by atoms with Crippen LogP contribution in [-0.2, 0) is 26.3 Å². The maximum atomic E-state index is 14.3. The number of aromatic hydroxyl groups is 1. The molecule has 4 atom stereocenters. The third-order valence-electron chi connectivity index (χ3n) is 7.15. The summed E-state index contributed by atoms with van der Waals surface area (Å²) < 4.78 is 27.8. The average Bonchev–Trinajstić information content (AvgIpc) is 3.41. The van der Waals surface area contributed by atoms with E-state index in [1.54, 1.807) is 12.1 Å². The monoisotopic (exact) mass is 475 g/mol. The number of halogens is 2. The van der Waals surface area contributed by atoms with E-state index in [9.17, 15) is 28.3 Å². The van der Waals surface area contributed by atoms with E-state index in [-0.39, 0.29) is 23.4 Å². The van der Waals surface area contributed by atoms with Gasteiger partial charge in [-0.25, -0.2) is 13.7 Å². The molecule has 176 valence electrons. The standard InChI is InChI=1S/C26H19F2N3O4/c27-14-3-6-16(7-4-14)31-23(33)21-20(11-13-1-8-17(32)9-2-13)30-26(22(21)24(31)34)18-12-15(28)5-10-19(18)29-25(26)35/h1-10,12,20-22,30,32H,11H2,(H,29,35)/t20-,21+,22-,26-/m0/s1. The second kappa shape index (κ2) is 7.44. The van der Waals surface area contributed by atoms with Crippen LogP contribution in [0.1, 0.15) is 11.1 Å². The summed E-state index contributed by atoms with van der Waals surface area (Å²) in [5, 5.41) is 15.6. The van der Waals surface area contributed by atoms with Crippen LogP contribution in [0.5, 0.6) is 5.75 Å². The number of hydrogen-bond acceptors (Lipinski definition) is 5. The fourth-order valence-electron chi connectivity index (χ4n) is 5.68. The number of fused-ring (bicyclic) bond motifs is 4. The lowest BCUT2D eigenvalue weighted by Crippen LogP contribution is -2.53. The predicted octanol–water partition coefficient (Wildman–Crippen LogP) is 2.84. The van der Waals surface area contributed by atoms with Gasteiger partial charge in [-0.1, -0.05) is 12.1 Å². The first-order valence-electron chi connectivity index (χ1n) is 11.1. The molecule has 3 aliphatic heterocycles. The first kappa shape index (κ1) is 21.4. The fourth-order valence-corrected chi connectivity index (χ4v) is 5.68. The van der Waals surface area contributed by atoms with Crippen LogP contribution in [0.25, 0.3) is 0 Å². The van der Waals surface area contributed by atoms with Gasteiger partial charge in [0.05, 0.1) is 17.5 Å². The molecule has 7 nitrogen and oxygen atoms in total. The highest BCUT2D eigenvalue weighted by Gasteiger charge is 2.70. The Bertz CT molecular complexity index is 1390. The summed E-state index contributed by atoms with van der Waals surface area (Å²) in [5.74, 6) is -4.74. The third kappa shape index (κ3) is 3.01. The molecule has 2 saturated heterocycles. The van der Waals surface area contributed by atoms with E-state index in [1.807, 2.05) is 0 Å². The lowest BCUT2D eigenvalue weighted by Gasteiger charge is -2.29. The van der Waals surface area contributed by atoms with Crippen molar-refractivity contribution < 1.29 is 28.3 Å². The molecule has 6 rings (SSSR count). The molecule has 0 unspecified atom stereocenters. The molecular formula is C26H19F2N3O4. The maximum Gasteiger partial charge on any atom is 0.250 e. The van der Waals surface area contributed by atoms with Crippen molar-refractivity contribution in [2.45, 2.75) is 18.0 Å². The fraction of sp³-hybridized carbons (Fsp3) is 0.192. The largest absolute Gasteiger partial charge is 0.508 e. The highest BCUT2D eigenvalue weighted by Crippen LogP contribution is 2.54. The Morgan fingerprint density at radius 3 is 2.29 bits per heavy atom. The summed E-state index contributed by atoms with van der Waals surface area (Å²) in [6, 6.07) is 14.6. The number of phenols is 1. The van der Waals surface area contributed by atoms with Gasteiger partial charge in [0.2, 0.25) is 17.7 Å². The molecule has 3 amide bonds. The Labute approximate surface area is 198 Å². The van der Waals surface area contributed by atoms with Crippen LogP contribution >= 0.6 is 0 Å². The van der Waals surface area contributed by atoms with Gasteiger partial charge in [-0.2, -0.15) is 0 Å². The summed E-state index contributed by atoms with van der Waals surface area (Å²) in [6.07, 6.45) is 0.275. The molecule has 1 spiro atoms. The quantitative estimate of drug-likeness (QED) is 0.506. The SMILES string of the molecule is O=C1[C@@H]2[C@H](Cc3ccc(O)cc3)N[C@]3(C(=O)Nc4ccc(F)cc43)[C@@H]2C(=O)N1c1ccc(F)cc1. The number of phenolic OH excluding ortho intramolecular Hbond substituents is 1. The first-order chi connectivity index (χ1) is 16.8. The zero-order chi connectivity index (χ0) is 24.5. The van der Waals surface area contributed by atoms with Gasteiger partial charge in [-0.15, -0.1) is 0 Å². The molecule has 0 aliphatic carbocycles. The molecule has 3 aliphatic rings. The molecule has 3 aromatic rings. The number of nitrogens with zero attached hydrogens (tertiary/aromatic N) is 1. The third-order valence-corrected chi connectivity index (χ3v) is 7.15. The van der Waals surface area contributed by atoms with Crippen molar-refractivity contribution >= 4 is 29.1 Å². The van der Waals surface area contributed by atoms with Crippen LogP contribution in [0.3, 0.4) is 0 Å². The van der Waals surface area contributed by atoms with Crippen LogP contribution in [0.4, 0.5) is 20.2 Å². The number of rotatable bonds is 3. The second-order valence-electron chi connectivity index (χ2n) is 9.07. The molecular weight excluding hydrogens is 456 g/mol. The molecule has 0 saturated carbocycles. The lowest BCUT2D eigenvalue weighted by atomic mass is 9.76. The Hall–Kier alpha value is -4.11. The highest BCUT2D eigenvalue weighted by molar-refractivity contribution is 6.25. The van der Waals surface area contributed by atoms with Gasteiger partial charge < -0.3 is 10.4 Å². The van der Waals surface area contributed by atoms with Crippen LogP contribution in [0.15, 0.2) is 66.7 Å². The topological polar surface area (TPSA) is 98.7 Å². The summed E-state index contributed by atoms with van der Waals surface area (Å²) in [6.45, 7) is 0. The second-order valence-corrected chi connectivity index (χ2v) is 9.07. The Morgan fingerprint density at radius 2 is 1.57 bits per heavy atom. The zero-order valence-electron chi connectivity index (χ0n) is 18.2. The normalized spacial score (nSPS) is 26.9. The van der Waals surface area contributed by atoms with Gasteiger partial charge in [0.1, 0.15) is 22.9 Å². The van der Waals surface area contributed by atoms with Crippen LogP contribution in [-0.4, -0.2) is 28.9 Å². The van der Waals surface area contributed by atoms with Gasteiger partial charge in [0.25, 0.3) is 0 Å². The minimum absolute atomic E-state index is 0.0802. The van der Waals surface area contributed by atoms with Gasteiger partial charge in [0, 0.05) is 17.3 Å². The molecule has 3 aromatic carbocycles. The number of carbonyl (C=O) groups is 3. The summed E-state index contributed by atoms with van der Waals surface area (Å²) in [7, 11) is 0. The number of imide groups is 1. The highest BCUT2D eigenvalue weighted by atomic mass is 19.1. The van der Waals surface area contributed by atoms with E-state index in [4.69, 9.17) is 0 Å². The van der Waals surface area contributed by atoms with Crippen molar-refractivity contribution in [3.8, 4) is 5.75 Å². The van der Waals surface area contributed by atoms with Crippen molar-refractivity contribution in [1.82, 2.24) is 5.32 Å². The Balaban J connectivity index is 1.49.